The molecule has 0 saturated carbocycles. The number of hydrogen-bond acceptors (Lipinski definition) is 5. The minimum Gasteiger partial charge on any atom is -0.484 e. The first-order valence-electron chi connectivity index (χ1n) is 7.08. The molecule has 2 aliphatic heterocycles. The number of aromatic nitrogens is 2. The van der Waals surface area contributed by atoms with Gasteiger partial charge >= 0.3 is 0 Å². The lowest BCUT2D eigenvalue weighted by molar-refractivity contribution is 0.0538. The van der Waals surface area contributed by atoms with Crippen molar-refractivity contribution in [3.05, 3.63) is 48.4 Å². The molecule has 0 aliphatic carbocycles. The number of rotatable bonds is 1. The van der Waals surface area contributed by atoms with Gasteiger partial charge in [0.2, 0.25) is 0 Å². The molecule has 1 saturated heterocycles. The van der Waals surface area contributed by atoms with Gasteiger partial charge in [0.15, 0.2) is 5.78 Å². The predicted octanol–water partition coefficient (Wildman–Crippen LogP) is 2.09. The van der Waals surface area contributed by atoms with Gasteiger partial charge < -0.3 is 9.64 Å². The largest absolute Gasteiger partial charge is 0.484 e. The maximum Gasteiger partial charge on any atom is 0.170 e. The Balaban J connectivity index is 1.62. The van der Waals surface area contributed by atoms with Crippen molar-refractivity contribution in [1.82, 2.24) is 9.97 Å². The number of hydrogen-bond donors (Lipinski definition) is 0. The SMILES string of the molecule is O=C1CC2(CCN(c3ccncn3)C2)Oc2ccccc21. The van der Waals surface area contributed by atoms with Crippen molar-refractivity contribution < 1.29 is 9.53 Å². The van der Waals surface area contributed by atoms with Gasteiger partial charge in [-0.1, -0.05) is 12.1 Å². The van der Waals surface area contributed by atoms with E-state index in [9.17, 15) is 4.79 Å². The average molecular weight is 281 g/mol. The molecule has 1 fully saturated rings. The average Bonchev–Trinajstić information content (AvgIpc) is 2.91. The Hall–Kier alpha value is -2.43. The highest BCUT2D eigenvalue weighted by atomic mass is 16.5. The summed E-state index contributed by atoms with van der Waals surface area (Å²) in [6.45, 7) is 1.52. The molecule has 5 nitrogen and oxygen atoms in total. The van der Waals surface area contributed by atoms with E-state index in [4.69, 9.17) is 4.74 Å². The van der Waals surface area contributed by atoms with Crippen LogP contribution in [-0.4, -0.2) is 34.4 Å². The Bertz CT molecular complexity index is 689. The molecule has 2 aromatic rings. The summed E-state index contributed by atoms with van der Waals surface area (Å²) in [6.07, 6.45) is 4.54. The number of fused-ring (bicyclic) bond motifs is 1. The predicted molar refractivity (Wildman–Crippen MR) is 77.6 cm³/mol. The second-order valence-electron chi connectivity index (χ2n) is 5.62. The lowest BCUT2D eigenvalue weighted by Gasteiger charge is -2.34. The molecule has 1 unspecified atom stereocenters. The van der Waals surface area contributed by atoms with Crippen LogP contribution in [0.3, 0.4) is 0 Å². The second-order valence-corrected chi connectivity index (χ2v) is 5.62. The van der Waals surface area contributed by atoms with Crippen LogP contribution in [0.5, 0.6) is 5.75 Å². The first kappa shape index (κ1) is 12.3. The Morgan fingerprint density at radius 1 is 1.24 bits per heavy atom. The van der Waals surface area contributed by atoms with Gasteiger partial charge in [-0.3, -0.25) is 4.79 Å². The van der Waals surface area contributed by atoms with E-state index in [2.05, 4.69) is 14.9 Å². The van der Waals surface area contributed by atoms with E-state index in [0.29, 0.717) is 24.3 Å². The number of carbonyl (C=O) groups is 1. The number of ketones is 1. The lowest BCUT2D eigenvalue weighted by atomic mass is 9.89. The molecular weight excluding hydrogens is 266 g/mol. The smallest absolute Gasteiger partial charge is 0.170 e. The number of ether oxygens (including phenoxy) is 1. The minimum atomic E-state index is -0.420. The molecule has 0 N–H and O–H groups in total. The Morgan fingerprint density at radius 2 is 2.14 bits per heavy atom. The Morgan fingerprint density at radius 3 is 3.00 bits per heavy atom. The third kappa shape index (κ3) is 2.05. The van der Waals surface area contributed by atoms with Crippen LogP contribution in [-0.2, 0) is 0 Å². The van der Waals surface area contributed by atoms with Gasteiger partial charge in [0.05, 0.1) is 18.5 Å². The van der Waals surface area contributed by atoms with Gasteiger partial charge in [0, 0.05) is 19.2 Å². The van der Waals surface area contributed by atoms with E-state index >= 15 is 0 Å². The molecule has 1 aromatic carbocycles. The standard InChI is InChI=1S/C16H15N3O2/c20-13-9-16(21-14-4-2-1-3-12(13)14)6-8-19(10-16)15-5-7-17-11-18-15/h1-5,7,11H,6,8-10H2. The van der Waals surface area contributed by atoms with Crippen molar-refractivity contribution in [2.24, 2.45) is 0 Å². The molecular formula is C16H15N3O2. The van der Waals surface area contributed by atoms with Crippen LogP contribution in [0.25, 0.3) is 0 Å². The highest BCUT2D eigenvalue weighted by Crippen LogP contribution is 2.39. The zero-order valence-electron chi connectivity index (χ0n) is 11.5. The second kappa shape index (κ2) is 4.55. The van der Waals surface area contributed by atoms with Crippen LogP contribution in [0.2, 0.25) is 0 Å². The van der Waals surface area contributed by atoms with Crippen LogP contribution in [0.1, 0.15) is 23.2 Å². The van der Waals surface area contributed by atoms with E-state index in [1.807, 2.05) is 30.3 Å². The fourth-order valence-electron chi connectivity index (χ4n) is 3.18. The quantitative estimate of drug-likeness (QED) is 0.801. The molecule has 106 valence electrons. The van der Waals surface area contributed by atoms with Crippen LogP contribution in [0.4, 0.5) is 5.82 Å². The maximum atomic E-state index is 12.4. The van der Waals surface area contributed by atoms with E-state index < -0.39 is 5.60 Å². The Labute approximate surface area is 122 Å². The van der Waals surface area contributed by atoms with Gasteiger partial charge in [-0.2, -0.15) is 0 Å². The molecule has 5 heteroatoms. The summed E-state index contributed by atoms with van der Waals surface area (Å²) in [4.78, 5) is 22.7. The summed E-state index contributed by atoms with van der Waals surface area (Å²) in [5.74, 6) is 1.76. The Kier molecular flexibility index (Phi) is 2.67. The monoisotopic (exact) mass is 281 g/mol. The van der Waals surface area contributed by atoms with Crippen LogP contribution < -0.4 is 9.64 Å². The van der Waals surface area contributed by atoms with E-state index in [1.54, 1.807) is 12.5 Å². The number of para-hydroxylation sites is 1. The zero-order chi connectivity index (χ0) is 14.3. The normalized spacial score (nSPS) is 24.0. The molecule has 0 amide bonds. The van der Waals surface area contributed by atoms with Crippen molar-refractivity contribution in [2.45, 2.75) is 18.4 Å². The molecule has 21 heavy (non-hydrogen) atoms. The number of nitrogens with zero attached hydrogens (tertiary/aromatic N) is 3. The molecule has 3 heterocycles. The first-order chi connectivity index (χ1) is 10.3. The maximum absolute atomic E-state index is 12.4. The van der Waals surface area contributed by atoms with Gasteiger partial charge in [-0.25, -0.2) is 9.97 Å². The number of carbonyl (C=O) groups excluding carboxylic acids is 1. The van der Waals surface area contributed by atoms with Gasteiger partial charge in [-0.15, -0.1) is 0 Å². The van der Waals surface area contributed by atoms with Crippen molar-refractivity contribution in [1.29, 1.82) is 0 Å². The molecule has 1 aromatic heterocycles. The fourth-order valence-corrected chi connectivity index (χ4v) is 3.18. The number of anilines is 1. The van der Waals surface area contributed by atoms with E-state index in [1.165, 1.54) is 0 Å². The fraction of sp³-hybridized carbons (Fsp3) is 0.312. The zero-order valence-corrected chi connectivity index (χ0v) is 11.5. The highest BCUT2D eigenvalue weighted by Gasteiger charge is 2.46. The van der Waals surface area contributed by atoms with Crippen LogP contribution in [0, 0.1) is 0 Å². The number of benzene rings is 1. The molecule has 2 aliphatic rings. The minimum absolute atomic E-state index is 0.168. The van der Waals surface area contributed by atoms with Crippen molar-refractivity contribution in [3.63, 3.8) is 0 Å². The topological polar surface area (TPSA) is 55.3 Å². The molecule has 0 bridgehead atoms. The van der Waals surface area contributed by atoms with E-state index in [0.717, 1.165) is 18.8 Å². The van der Waals surface area contributed by atoms with Gasteiger partial charge in [0.25, 0.3) is 0 Å². The summed E-state index contributed by atoms with van der Waals surface area (Å²) < 4.78 is 6.20. The third-order valence-electron chi connectivity index (χ3n) is 4.20. The molecule has 1 spiro atoms. The van der Waals surface area contributed by atoms with Crippen molar-refractivity contribution in [2.75, 3.05) is 18.0 Å². The third-order valence-corrected chi connectivity index (χ3v) is 4.20. The summed E-state index contributed by atoms with van der Waals surface area (Å²) in [7, 11) is 0. The van der Waals surface area contributed by atoms with Crippen LogP contribution in [0.15, 0.2) is 42.9 Å². The molecule has 0 radical (unpaired) electrons. The summed E-state index contributed by atoms with van der Waals surface area (Å²) in [6, 6.07) is 9.38. The summed E-state index contributed by atoms with van der Waals surface area (Å²) >= 11 is 0. The summed E-state index contributed by atoms with van der Waals surface area (Å²) in [5, 5.41) is 0. The molecule has 4 rings (SSSR count). The van der Waals surface area contributed by atoms with Crippen LogP contribution >= 0.6 is 0 Å². The van der Waals surface area contributed by atoms with Crippen molar-refractivity contribution in [3.8, 4) is 5.75 Å². The molecule has 1 atom stereocenters. The number of Topliss-reactive ketones (excluding diaryl/α,β-unsaturated/α-hetero) is 1. The first-order valence-corrected chi connectivity index (χ1v) is 7.08. The van der Waals surface area contributed by atoms with E-state index in [-0.39, 0.29) is 5.78 Å². The lowest BCUT2D eigenvalue weighted by Crippen LogP contribution is -2.44. The van der Waals surface area contributed by atoms with Crippen molar-refractivity contribution >= 4 is 11.6 Å². The van der Waals surface area contributed by atoms with Gasteiger partial charge in [-0.05, 0) is 18.2 Å². The van der Waals surface area contributed by atoms with Gasteiger partial charge in [0.1, 0.15) is 23.5 Å². The summed E-state index contributed by atoms with van der Waals surface area (Å²) in [5.41, 5.74) is 0.278. The highest BCUT2D eigenvalue weighted by molar-refractivity contribution is 6.00.